The first-order chi connectivity index (χ1) is 15.0. The summed E-state index contributed by atoms with van der Waals surface area (Å²) in [6.07, 6.45) is -4.94. The van der Waals surface area contributed by atoms with Crippen molar-refractivity contribution in [3.05, 3.63) is 65.7 Å². The number of carbonyl (C=O) groups is 2. The number of halogens is 3. The van der Waals surface area contributed by atoms with Gasteiger partial charge in [0, 0.05) is 5.56 Å². The van der Waals surface area contributed by atoms with E-state index in [1.807, 2.05) is 0 Å². The van der Waals surface area contributed by atoms with Crippen molar-refractivity contribution in [2.24, 2.45) is 0 Å². The topological polar surface area (TPSA) is 125 Å². The van der Waals surface area contributed by atoms with Crippen LogP contribution in [0, 0.1) is 11.3 Å². The second-order valence-electron chi connectivity index (χ2n) is 6.52. The number of sulfone groups is 1. The number of amides is 2. The van der Waals surface area contributed by atoms with Crippen molar-refractivity contribution >= 4 is 21.7 Å². The minimum atomic E-state index is -4.94. The molecule has 0 aliphatic carbocycles. The van der Waals surface area contributed by atoms with Crippen molar-refractivity contribution in [2.45, 2.75) is 18.2 Å². The van der Waals surface area contributed by atoms with Crippen molar-refractivity contribution < 1.29 is 35.9 Å². The van der Waals surface area contributed by atoms with E-state index in [-0.39, 0.29) is 11.1 Å². The molecule has 1 unspecified atom stereocenters. The highest BCUT2D eigenvalue weighted by atomic mass is 32.2. The number of hydrogen-bond donors (Lipinski definition) is 2. The van der Waals surface area contributed by atoms with Gasteiger partial charge in [0.05, 0.1) is 17.6 Å². The Kier molecular flexibility index (Phi) is 8.20. The number of nitrogens with zero attached hydrogens (tertiary/aromatic N) is 1. The largest absolute Gasteiger partial charge is 0.573 e. The van der Waals surface area contributed by atoms with Gasteiger partial charge in [-0.25, -0.2) is 8.42 Å². The number of nitrogens with one attached hydrogen (secondary N) is 2. The fraction of sp³-hybridized carbons (Fsp3) is 0.250. The Morgan fingerprint density at radius 1 is 1.09 bits per heavy atom. The van der Waals surface area contributed by atoms with Crippen LogP contribution in [-0.4, -0.2) is 44.9 Å². The van der Waals surface area contributed by atoms with Gasteiger partial charge < -0.3 is 15.4 Å². The maximum absolute atomic E-state index is 12.6. The first kappa shape index (κ1) is 24.7. The molecule has 0 aliphatic heterocycles. The highest BCUT2D eigenvalue weighted by Crippen LogP contribution is 2.24. The van der Waals surface area contributed by atoms with Gasteiger partial charge in [-0.1, -0.05) is 30.3 Å². The molecular weight excluding hydrogens is 451 g/mol. The number of ether oxygens (including phenoxy) is 1. The first-order valence-corrected chi connectivity index (χ1v) is 10.9. The Morgan fingerprint density at radius 2 is 1.78 bits per heavy atom. The maximum Gasteiger partial charge on any atom is 0.573 e. The van der Waals surface area contributed by atoms with Gasteiger partial charge in [0.2, 0.25) is 5.91 Å². The minimum Gasteiger partial charge on any atom is -0.406 e. The van der Waals surface area contributed by atoms with Crippen molar-refractivity contribution in [3.63, 3.8) is 0 Å². The Hall–Kier alpha value is -3.59. The molecule has 0 radical (unpaired) electrons. The van der Waals surface area contributed by atoms with E-state index in [2.05, 4.69) is 15.4 Å². The van der Waals surface area contributed by atoms with Crippen LogP contribution < -0.4 is 15.4 Å². The van der Waals surface area contributed by atoms with Crippen LogP contribution in [0.1, 0.15) is 15.9 Å². The number of benzene rings is 2. The summed E-state index contributed by atoms with van der Waals surface area (Å²) >= 11 is 0. The molecule has 0 spiro atoms. The van der Waals surface area contributed by atoms with E-state index >= 15 is 0 Å². The Bertz CT molecular complexity index is 1100. The number of carbonyl (C=O) groups excluding carboxylic acids is 2. The van der Waals surface area contributed by atoms with Gasteiger partial charge >= 0.3 is 6.36 Å². The standard InChI is InChI=1S/C20H18F3N3O5S/c21-20(22,23)31-16-8-4-5-14(11-16)12-32(29,30)13-17(19(28)25-10-9-24)26-18(27)15-6-2-1-3-7-15/h1-8,11,17H,10,12-13H2,(H,25,28)(H,26,27). The molecule has 8 nitrogen and oxygen atoms in total. The van der Waals surface area contributed by atoms with Gasteiger partial charge in [-0.3, -0.25) is 9.59 Å². The van der Waals surface area contributed by atoms with E-state index in [1.54, 1.807) is 24.3 Å². The summed E-state index contributed by atoms with van der Waals surface area (Å²) in [5.74, 6) is -3.74. The molecule has 32 heavy (non-hydrogen) atoms. The van der Waals surface area contributed by atoms with Crippen LogP contribution in [0.4, 0.5) is 13.2 Å². The van der Waals surface area contributed by atoms with E-state index < -0.39 is 57.9 Å². The summed E-state index contributed by atoms with van der Waals surface area (Å²) in [4.78, 5) is 24.7. The molecule has 2 aromatic rings. The van der Waals surface area contributed by atoms with E-state index in [1.165, 1.54) is 24.3 Å². The zero-order valence-electron chi connectivity index (χ0n) is 16.4. The van der Waals surface area contributed by atoms with E-state index in [9.17, 15) is 31.2 Å². The molecule has 0 saturated carbocycles. The third-order valence-corrected chi connectivity index (χ3v) is 5.55. The average Bonchev–Trinajstić information content (AvgIpc) is 2.70. The number of rotatable bonds is 9. The lowest BCUT2D eigenvalue weighted by atomic mass is 10.2. The summed E-state index contributed by atoms with van der Waals surface area (Å²) in [5.41, 5.74) is 0.178. The van der Waals surface area contributed by atoms with Crippen LogP contribution in [0.25, 0.3) is 0 Å². The van der Waals surface area contributed by atoms with Crippen molar-refractivity contribution in [1.82, 2.24) is 10.6 Å². The monoisotopic (exact) mass is 469 g/mol. The lowest BCUT2D eigenvalue weighted by molar-refractivity contribution is -0.274. The second-order valence-corrected chi connectivity index (χ2v) is 8.63. The molecular formula is C20H18F3N3O5S. The number of alkyl halides is 3. The highest BCUT2D eigenvalue weighted by Gasteiger charge is 2.31. The molecule has 1 atom stereocenters. The summed E-state index contributed by atoms with van der Waals surface area (Å²) in [7, 11) is -4.09. The Labute approximate surface area is 181 Å². The second kappa shape index (κ2) is 10.6. The fourth-order valence-corrected chi connectivity index (χ4v) is 4.21. The fourth-order valence-electron chi connectivity index (χ4n) is 2.66. The molecule has 0 aliphatic rings. The summed E-state index contributed by atoms with van der Waals surface area (Å²) < 4.78 is 66.2. The predicted octanol–water partition coefficient (Wildman–Crippen LogP) is 1.94. The van der Waals surface area contributed by atoms with Gasteiger partial charge in [-0.05, 0) is 29.8 Å². The molecule has 0 heterocycles. The molecule has 2 amide bonds. The average molecular weight is 469 g/mol. The smallest absolute Gasteiger partial charge is 0.406 e. The van der Waals surface area contributed by atoms with Crippen molar-refractivity contribution in [3.8, 4) is 11.8 Å². The first-order valence-electron chi connectivity index (χ1n) is 9.05. The summed E-state index contributed by atoms with van der Waals surface area (Å²) in [6, 6.07) is 12.3. The summed E-state index contributed by atoms with van der Waals surface area (Å²) in [5, 5.41) is 13.1. The van der Waals surface area contributed by atoms with Gasteiger partial charge in [0.25, 0.3) is 5.91 Å². The zero-order chi connectivity index (χ0) is 23.8. The number of nitriles is 1. The van der Waals surface area contributed by atoms with E-state index in [4.69, 9.17) is 5.26 Å². The molecule has 170 valence electrons. The van der Waals surface area contributed by atoms with Crippen LogP contribution >= 0.6 is 0 Å². The maximum atomic E-state index is 12.6. The lowest BCUT2D eigenvalue weighted by Gasteiger charge is -2.18. The quantitative estimate of drug-likeness (QED) is 0.541. The molecule has 0 aromatic heterocycles. The van der Waals surface area contributed by atoms with Gasteiger partial charge in [-0.2, -0.15) is 5.26 Å². The van der Waals surface area contributed by atoms with Gasteiger partial charge in [0.1, 0.15) is 18.3 Å². The van der Waals surface area contributed by atoms with Crippen molar-refractivity contribution in [2.75, 3.05) is 12.3 Å². The SMILES string of the molecule is N#CCNC(=O)C(CS(=O)(=O)Cc1cccc(OC(F)(F)F)c1)NC(=O)c1ccccc1. The molecule has 2 rings (SSSR count). The molecule has 12 heteroatoms. The molecule has 2 N–H and O–H groups in total. The molecule has 0 fully saturated rings. The summed E-state index contributed by atoms with van der Waals surface area (Å²) in [6.45, 7) is -0.409. The van der Waals surface area contributed by atoms with Gasteiger partial charge in [-0.15, -0.1) is 13.2 Å². The van der Waals surface area contributed by atoms with Crippen LogP contribution in [0.5, 0.6) is 5.75 Å². The third-order valence-electron chi connectivity index (χ3n) is 3.94. The van der Waals surface area contributed by atoms with Crippen LogP contribution in [-0.2, 0) is 20.4 Å². The third kappa shape index (κ3) is 8.27. The normalized spacial score (nSPS) is 12.3. The predicted molar refractivity (Wildman–Crippen MR) is 107 cm³/mol. The molecule has 0 bridgehead atoms. The lowest BCUT2D eigenvalue weighted by Crippen LogP contribution is -2.50. The molecule has 2 aromatic carbocycles. The zero-order valence-corrected chi connectivity index (χ0v) is 17.2. The van der Waals surface area contributed by atoms with Crippen LogP contribution in [0.3, 0.4) is 0 Å². The van der Waals surface area contributed by atoms with Crippen LogP contribution in [0.2, 0.25) is 0 Å². The minimum absolute atomic E-state index is 0.00248. The Morgan fingerprint density at radius 3 is 2.41 bits per heavy atom. The number of hydrogen-bond acceptors (Lipinski definition) is 6. The highest BCUT2D eigenvalue weighted by molar-refractivity contribution is 7.90. The van der Waals surface area contributed by atoms with Gasteiger partial charge in [0.15, 0.2) is 9.84 Å². The molecule has 0 saturated heterocycles. The van der Waals surface area contributed by atoms with Crippen molar-refractivity contribution in [1.29, 1.82) is 5.26 Å². The van der Waals surface area contributed by atoms with Crippen LogP contribution in [0.15, 0.2) is 54.6 Å². The van der Waals surface area contributed by atoms with E-state index in [0.717, 1.165) is 12.1 Å². The van der Waals surface area contributed by atoms with E-state index in [0.29, 0.717) is 0 Å². The Balaban J connectivity index is 2.18.